The minimum absolute atomic E-state index is 0.0572. The van der Waals surface area contributed by atoms with Crippen LogP contribution in [0.5, 0.6) is 0 Å². The van der Waals surface area contributed by atoms with E-state index in [9.17, 15) is 0 Å². The first kappa shape index (κ1) is 11.5. The van der Waals surface area contributed by atoms with Crippen LogP contribution < -0.4 is 0 Å². The third-order valence-corrected chi connectivity index (χ3v) is 2.75. The van der Waals surface area contributed by atoms with Crippen molar-refractivity contribution >= 4 is 11.8 Å². The second-order valence-electron chi connectivity index (χ2n) is 2.86. The van der Waals surface area contributed by atoms with Gasteiger partial charge in [-0.3, -0.25) is 0 Å². The van der Waals surface area contributed by atoms with Crippen LogP contribution in [0.3, 0.4) is 0 Å². The molecule has 0 fully saturated rings. The molecule has 1 aromatic heterocycles. The van der Waals surface area contributed by atoms with E-state index >= 15 is 0 Å². The highest BCUT2D eigenvalue weighted by Crippen LogP contribution is 2.15. The fourth-order valence-electron chi connectivity index (χ4n) is 0.970. The molecule has 14 heavy (non-hydrogen) atoms. The van der Waals surface area contributed by atoms with Crippen molar-refractivity contribution in [1.82, 2.24) is 4.98 Å². The highest BCUT2D eigenvalue weighted by atomic mass is 32.2. The van der Waals surface area contributed by atoms with Crippen LogP contribution in [0, 0.1) is 0 Å². The second-order valence-corrected chi connectivity index (χ2v) is 3.97. The molecule has 0 spiro atoms. The monoisotopic (exact) mass is 213 g/mol. The third-order valence-electron chi connectivity index (χ3n) is 1.72. The largest absolute Gasteiger partial charge is 0.392 e. The fourth-order valence-corrected chi connectivity index (χ4v) is 1.73. The van der Waals surface area contributed by atoms with Crippen molar-refractivity contribution in [1.29, 1.82) is 0 Å². The maximum Gasteiger partial charge on any atom is 0.0960 e. The first-order valence-electron chi connectivity index (χ1n) is 4.54. The van der Waals surface area contributed by atoms with Gasteiger partial charge in [-0.25, -0.2) is 4.98 Å². The van der Waals surface area contributed by atoms with E-state index in [2.05, 4.69) is 4.98 Å². The van der Waals surface area contributed by atoms with Crippen molar-refractivity contribution in [2.24, 2.45) is 0 Å². The van der Waals surface area contributed by atoms with E-state index in [1.807, 2.05) is 12.1 Å². The summed E-state index contributed by atoms with van der Waals surface area (Å²) >= 11 is 1.71. The Morgan fingerprint density at radius 3 is 2.93 bits per heavy atom. The number of aromatic nitrogens is 1. The van der Waals surface area contributed by atoms with Crippen LogP contribution in [0.15, 0.2) is 23.4 Å². The second kappa shape index (κ2) is 6.81. The smallest absolute Gasteiger partial charge is 0.0960 e. The highest BCUT2D eigenvalue weighted by Gasteiger charge is 1.96. The predicted molar refractivity (Wildman–Crippen MR) is 57.4 cm³/mol. The molecule has 1 heterocycles. The van der Waals surface area contributed by atoms with Gasteiger partial charge >= 0.3 is 0 Å². The van der Waals surface area contributed by atoms with Gasteiger partial charge in [0.1, 0.15) is 0 Å². The molecule has 1 rings (SSSR count). The lowest BCUT2D eigenvalue weighted by Gasteiger charge is -2.01. The summed E-state index contributed by atoms with van der Waals surface area (Å²) in [6.45, 7) is 0.851. The lowest BCUT2D eigenvalue weighted by Crippen LogP contribution is -1.91. The van der Waals surface area contributed by atoms with E-state index in [-0.39, 0.29) is 6.61 Å². The van der Waals surface area contributed by atoms with Crippen LogP contribution in [-0.2, 0) is 11.3 Å². The van der Waals surface area contributed by atoms with Gasteiger partial charge in [-0.2, -0.15) is 0 Å². The molecule has 0 amide bonds. The molecule has 0 aliphatic carbocycles. The maximum atomic E-state index is 8.81. The summed E-state index contributed by atoms with van der Waals surface area (Å²) in [5.74, 6) is 1.01. The number of nitrogens with zero attached hydrogens (tertiary/aromatic N) is 1. The van der Waals surface area contributed by atoms with Crippen LogP contribution in [0.25, 0.3) is 0 Å². The van der Waals surface area contributed by atoms with Crippen LogP contribution in [0.2, 0.25) is 0 Å². The Bertz CT molecular complexity index is 251. The molecule has 3 nitrogen and oxygen atoms in total. The molecule has 0 saturated carbocycles. The standard InChI is InChI=1S/C10H15NO2S/c1-13-5-2-6-14-10-4-3-9(8-12)7-11-10/h3-4,7,12H,2,5-6,8H2,1H3. The van der Waals surface area contributed by atoms with E-state index in [0.717, 1.165) is 29.4 Å². The van der Waals surface area contributed by atoms with Gasteiger partial charge in [-0.1, -0.05) is 6.07 Å². The van der Waals surface area contributed by atoms with Gasteiger partial charge in [0, 0.05) is 25.7 Å². The molecule has 0 aliphatic heterocycles. The quantitative estimate of drug-likeness (QED) is 0.577. The topological polar surface area (TPSA) is 42.4 Å². The molecular formula is C10H15NO2S. The third kappa shape index (κ3) is 4.09. The van der Waals surface area contributed by atoms with Crippen molar-refractivity contribution in [2.45, 2.75) is 18.1 Å². The zero-order valence-electron chi connectivity index (χ0n) is 8.27. The summed E-state index contributed by atoms with van der Waals surface area (Å²) in [6, 6.07) is 3.83. The van der Waals surface area contributed by atoms with Crippen LogP contribution in [0.1, 0.15) is 12.0 Å². The van der Waals surface area contributed by atoms with Gasteiger partial charge in [0.25, 0.3) is 0 Å². The SMILES string of the molecule is COCCCSc1ccc(CO)cn1. The lowest BCUT2D eigenvalue weighted by atomic mass is 10.3. The Hall–Kier alpha value is -0.580. The normalized spacial score (nSPS) is 10.4. The number of aliphatic hydroxyl groups excluding tert-OH is 1. The fraction of sp³-hybridized carbons (Fsp3) is 0.500. The maximum absolute atomic E-state index is 8.81. The van der Waals surface area contributed by atoms with Crippen molar-refractivity contribution in [3.63, 3.8) is 0 Å². The Morgan fingerprint density at radius 2 is 2.36 bits per heavy atom. The van der Waals surface area contributed by atoms with Gasteiger partial charge in [-0.15, -0.1) is 11.8 Å². The average molecular weight is 213 g/mol. The van der Waals surface area contributed by atoms with Crippen molar-refractivity contribution in [3.8, 4) is 0 Å². The molecule has 0 atom stereocenters. The van der Waals surface area contributed by atoms with E-state index in [0.29, 0.717) is 0 Å². The van der Waals surface area contributed by atoms with Gasteiger partial charge in [0.05, 0.1) is 11.6 Å². The number of thioether (sulfide) groups is 1. The molecule has 0 bridgehead atoms. The molecule has 78 valence electrons. The van der Waals surface area contributed by atoms with Gasteiger partial charge < -0.3 is 9.84 Å². The molecule has 0 saturated heterocycles. The zero-order chi connectivity index (χ0) is 10.2. The Morgan fingerprint density at radius 1 is 1.50 bits per heavy atom. The van der Waals surface area contributed by atoms with Gasteiger partial charge in [0.2, 0.25) is 0 Å². The number of hydrogen-bond acceptors (Lipinski definition) is 4. The van der Waals surface area contributed by atoms with Crippen LogP contribution in [-0.4, -0.2) is 29.6 Å². The number of ether oxygens (including phenoxy) is 1. The Labute approximate surface area is 88.5 Å². The van der Waals surface area contributed by atoms with Crippen molar-refractivity contribution in [3.05, 3.63) is 23.9 Å². The average Bonchev–Trinajstić information content (AvgIpc) is 2.25. The van der Waals surface area contributed by atoms with E-state index in [1.165, 1.54) is 0 Å². The number of aliphatic hydroxyl groups is 1. The summed E-state index contributed by atoms with van der Waals surface area (Å²) in [7, 11) is 1.71. The zero-order valence-corrected chi connectivity index (χ0v) is 9.09. The predicted octanol–water partition coefficient (Wildman–Crippen LogP) is 1.70. The summed E-state index contributed by atoms with van der Waals surface area (Å²) < 4.78 is 4.95. The van der Waals surface area contributed by atoms with Crippen LogP contribution in [0.4, 0.5) is 0 Å². The first-order valence-corrected chi connectivity index (χ1v) is 5.53. The van der Waals surface area contributed by atoms with E-state index < -0.39 is 0 Å². The molecule has 4 heteroatoms. The molecule has 0 unspecified atom stereocenters. The highest BCUT2D eigenvalue weighted by molar-refractivity contribution is 7.99. The van der Waals surface area contributed by atoms with Crippen molar-refractivity contribution < 1.29 is 9.84 Å². The number of hydrogen-bond donors (Lipinski definition) is 1. The molecule has 1 aromatic rings. The van der Waals surface area contributed by atoms with E-state index in [1.54, 1.807) is 25.1 Å². The lowest BCUT2D eigenvalue weighted by molar-refractivity contribution is 0.200. The van der Waals surface area contributed by atoms with Gasteiger partial charge in [0.15, 0.2) is 0 Å². The molecular weight excluding hydrogens is 198 g/mol. The summed E-state index contributed by atoms with van der Waals surface area (Å²) in [5, 5.41) is 9.81. The van der Waals surface area contributed by atoms with Crippen LogP contribution >= 0.6 is 11.8 Å². The van der Waals surface area contributed by atoms with Gasteiger partial charge in [-0.05, 0) is 18.1 Å². The molecule has 1 N–H and O–H groups in total. The molecule has 0 aliphatic rings. The molecule has 0 radical (unpaired) electrons. The molecule has 0 aromatic carbocycles. The van der Waals surface area contributed by atoms with E-state index in [4.69, 9.17) is 9.84 Å². The number of methoxy groups -OCH3 is 1. The number of pyridine rings is 1. The summed E-state index contributed by atoms with van der Waals surface area (Å²) in [5.41, 5.74) is 0.853. The minimum atomic E-state index is 0.0572. The summed E-state index contributed by atoms with van der Waals surface area (Å²) in [4.78, 5) is 4.21. The summed E-state index contributed by atoms with van der Waals surface area (Å²) in [6.07, 6.45) is 2.74. The van der Waals surface area contributed by atoms with Crippen molar-refractivity contribution in [2.75, 3.05) is 19.5 Å². The minimum Gasteiger partial charge on any atom is -0.392 e. The first-order chi connectivity index (χ1) is 6.86. The Kier molecular flexibility index (Phi) is 5.59. The number of rotatable bonds is 6. The Balaban J connectivity index is 2.29.